The van der Waals surface area contributed by atoms with E-state index >= 15 is 0 Å². The van der Waals surface area contributed by atoms with Gasteiger partial charge in [0, 0.05) is 6.54 Å². The number of rotatable bonds is 5. The zero-order valence-corrected chi connectivity index (χ0v) is 10.8. The molecule has 1 unspecified atom stereocenters. The molecule has 1 atom stereocenters. The summed E-state index contributed by atoms with van der Waals surface area (Å²) >= 11 is 0. The number of aldehydes is 1. The van der Waals surface area contributed by atoms with Crippen molar-refractivity contribution < 1.29 is 14.3 Å². The smallest absolute Gasteiger partial charge is 0.408 e. The number of aryl methyl sites for hydroxylation is 1. The number of hydrogen-bond acceptors (Lipinski definition) is 5. The van der Waals surface area contributed by atoms with E-state index < -0.39 is 17.7 Å². The van der Waals surface area contributed by atoms with Gasteiger partial charge in [0.25, 0.3) is 0 Å². The van der Waals surface area contributed by atoms with E-state index in [-0.39, 0.29) is 0 Å². The summed E-state index contributed by atoms with van der Waals surface area (Å²) < 4.78 is 6.65. The number of nitrogens with zero attached hydrogens (tertiary/aromatic N) is 3. The Morgan fingerprint density at radius 2 is 2.28 bits per heavy atom. The van der Waals surface area contributed by atoms with Crippen molar-refractivity contribution >= 4 is 12.4 Å². The molecular weight excluding hydrogens is 236 g/mol. The maximum Gasteiger partial charge on any atom is 0.408 e. The van der Waals surface area contributed by atoms with Crippen LogP contribution in [0.5, 0.6) is 0 Å². The van der Waals surface area contributed by atoms with E-state index in [4.69, 9.17) is 4.74 Å². The normalized spacial score (nSPS) is 12.8. The van der Waals surface area contributed by atoms with Crippen molar-refractivity contribution in [1.29, 1.82) is 0 Å². The lowest BCUT2D eigenvalue weighted by Gasteiger charge is -2.21. The molecule has 1 aromatic rings. The highest BCUT2D eigenvalue weighted by molar-refractivity contribution is 5.73. The molecule has 1 heterocycles. The number of alkyl carbamates (subject to hydrolysis) is 1. The van der Waals surface area contributed by atoms with Gasteiger partial charge in [-0.15, -0.1) is 0 Å². The van der Waals surface area contributed by atoms with E-state index in [1.54, 1.807) is 31.8 Å². The number of carbonyl (C=O) groups excluding carboxylic acids is 2. The zero-order valence-electron chi connectivity index (χ0n) is 10.8. The fraction of sp³-hybridized carbons (Fsp3) is 0.636. The second-order valence-corrected chi connectivity index (χ2v) is 4.84. The lowest BCUT2D eigenvalue weighted by atomic mass is 10.2. The molecule has 7 nitrogen and oxygen atoms in total. The first-order valence-corrected chi connectivity index (χ1v) is 5.68. The minimum atomic E-state index is -0.599. The molecule has 0 saturated heterocycles. The molecule has 0 aliphatic carbocycles. The summed E-state index contributed by atoms with van der Waals surface area (Å²) in [5.74, 6) is 0. The Bertz CT molecular complexity index is 383. The summed E-state index contributed by atoms with van der Waals surface area (Å²) in [4.78, 5) is 26.1. The molecule has 0 spiro atoms. The van der Waals surface area contributed by atoms with Gasteiger partial charge < -0.3 is 14.8 Å². The number of hydrogen-bond donors (Lipinski definition) is 1. The second-order valence-electron chi connectivity index (χ2n) is 4.84. The molecule has 1 aromatic heterocycles. The minimum Gasteiger partial charge on any atom is -0.444 e. The average Bonchev–Trinajstić information content (AvgIpc) is 2.74. The van der Waals surface area contributed by atoms with Crippen molar-refractivity contribution in [3.05, 3.63) is 12.7 Å². The van der Waals surface area contributed by atoms with Gasteiger partial charge in [-0.05, 0) is 27.2 Å². The van der Waals surface area contributed by atoms with Crippen LogP contribution in [0.3, 0.4) is 0 Å². The van der Waals surface area contributed by atoms with Crippen molar-refractivity contribution in [2.45, 2.75) is 45.4 Å². The highest BCUT2D eigenvalue weighted by atomic mass is 16.6. The van der Waals surface area contributed by atoms with Crippen LogP contribution in [0.15, 0.2) is 12.7 Å². The Hall–Kier alpha value is -1.92. The Balaban J connectivity index is 2.37. The third-order valence-corrected chi connectivity index (χ3v) is 2.00. The monoisotopic (exact) mass is 254 g/mol. The molecule has 7 heteroatoms. The Morgan fingerprint density at radius 3 is 2.78 bits per heavy atom. The van der Waals surface area contributed by atoms with E-state index in [1.165, 1.54) is 6.33 Å². The predicted octanol–water partition coefficient (Wildman–Crippen LogP) is 0.760. The first-order valence-electron chi connectivity index (χ1n) is 5.68. The Morgan fingerprint density at radius 1 is 1.56 bits per heavy atom. The molecule has 0 aliphatic rings. The van der Waals surface area contributed by atoms with Crippen molar-refractivity contribution in [2.24, 2.45) is 0 Å². The van der Waals surface area contributed by atoms with Crippen molar-refractivity contribution in [2.75, 3.05) is 0 Å². The maximum atomic E-state index is 11.5. The fourth-order valence-corrected chi connectivity index (χ4v) is 1.25. The van der Waals surface area contributed by atoms with Crippen molar-refractivity contribution in [1.82, 2.24) is 20.1 Å². The lowest BCUT2D eigenvalue weighted by molar-refractivity contribution is -0.109. The standard InChI is InChI=1S/C11H18N4O3/c1-11(2,3)18-10(17)14-9(6-16)4-5-15-8-12-7-13-15/h6-9H,4-5H2,1-3H3,(H,14,17). The Kier molecular flexibility index (Phi) is 4.82. The quantitative estimate of drug-likeness (QED) is 0.784. The van der Waals surface area contributed by atoms with Crippen LogP contribution in [0.25, 0.3) is 0 Å². The van der Waals surface area contributed by atoms with Gasteiger partial charge in [-0.2, -0.15) is 5.10 Å². The SMILES string of the molecule is CC(C)(C)OC(=O)NC(C=O)CCn1cncn1. The summed E-state index contributed by atoms with van der Waals surface area (Å²) in [5.41, 5.74) is -0.580. The van der Waals surface area contributed by atoms with Crippen LogP contribution >= 0.6 is 0 Å². The molecule has 0 aromatic carbocycles. The molecule has 18 heavy (non-hydrogen) atoms. The number of nitrogens with one attached hydrogen (secondary N) is 1. The number of aromatic nitrogens is 3. The first-order chi connectivity index (χ1) is 8.40. The minimum absolute atomic E-state index is 0.437. The molecule has 0 aliphatic heterocycles. The molecular formula is C11H18N4O3. The predicted molar refractivity (Wildman–Crippen MR) is 63.9 cm³/mol. The first kappa shape index (κ1) is 14.1. The van der Waals surface area contributed by atoms with Crippen LogP contribution < -0.4 is 5.32 Å². The van der Waals surface area contributed by atoms with Crippen LogP contribution in [0.1, 0.15) is 27.2 Å². The van der Waals surface area contributed by atoms with Gasteiger partial charge >= 0.3 is 6.09 Å². The van der Waals surface area contributed by atoms with Gasteiger partial charge in [-0.3, -0.25) is 4.68 Å². The van der Waals surface area contributed by atoms with Crippen LogP contribution in [-0.2, 0) is 16.1 Å². The average molecular weight is 254 g/mol. The topological polar surface area (TPSA) is 86.1 Å². The van der Waals surface area contributed by atoms with E-state index in [0.717, 1.165) is 0 Å². The van der Waals surface area contributed by atoms with Crippen LogP contribution in [0.2, 0.25) is 0 Å². The van der Waals surface area contributed by atoms with Gasteiger partial charge in [-0.25, -0.2) is 9.78 Å². The fourth-order valence-electron chi connectivity index (χ4n) is 1.25. The van der Waals surface area contributed by atoms with Crippen molar-refractivity contribution in [3.8, 4) is 0 Å². The van der Waals surface area contributed by atoms with Gasteiger partial charge in [0.2, 0.25) is 0 Å². The molecule has 0 bridgehead atoms. The van der Waals surface area contributed by atoms with E-state index in [1.807, 2.05) is 0 Å². The van der Waals surface area contributed by atoms with Crippen molar-refractivity contribution in [3.63, 3.8) is 0 Å². The second kappa shape index (κ2) is 6.13. The lowest BCUT2D eigenvalue weighted by Crippen LogP contribution is -2.40. The van der Waals surface area contributed by atoms with Gasteiger partial charge in [-0.1, -0.05) is 0 Å². The van der Waals surface area contributed by atoms with Gasteiger partial charge in [0.15, 0.2) is 0 Å². The molecule has 0 radical (unpaired) electrons. The summed E-state index contributed by atoms with van der Waals surface area (Å²) in [7, 11) is 0. The molecule has 1 rings (SSSR count). The maximum absolute atomic E-state index is 11.5. The molecule has 100 valence electrons. The largest absolute Gasteiger partial charge is 0.444 e. The third kappa shape index (κ3) is 5.42. The number of amides is 1. The van der Waals surface area contributed by atoms with Crippen LogP contribution in [0.4, 0.5) is 4.79 Å². The summed E-state index contributed by atoms with van der Waals surface area (Å²) in [5, 5.41) is 6.40. The Labute approximate surface area is 106 Å². The number of ether oxygens (including phenoxy) is 1. The molecule has 0 saturated carbocycles. The highest BCUT2D eigenvalue weighted by Gasteiger charge is 2.19. The molecule has 1 amide bonds. The van der Waals surface area contributed by atoms with Crippen LogP contribution in [0, 0.1) is 0 Å². The molecule has 0 fully saturated rings. The van der Waals surface area contributed by atoms with E-state index in [2.05, 4.69) is 15.4 Å². The van der Waals surface area contributed by atoms with Crippen LogP contribution in [-0.4, -0.2) is 38.8 Å². The van der Waals surface area contributed by atoms with E-state index in [0.29, 0.717) is 19.3 Å². The van der Waals surface area contributed by atoms with Gasteiger partial charge in [0.05, 0.1) is 6.04 Å². The summed E-state index contributed by atoms with van der Waals surface area (Å²) in [6, 6.07) is -0.593. The zero-order chi connectivity index (χ0) is 13.6. The molecule has 1 N–H and O–H groups in total. The summed E-state index contributed by atoms with van der Waals surface area (Å²) in [6.45, 7) is 5.78. The van der Waals surface area contributed by atoms with Gasteiger partial charge in [0.1, 0.15) is 24.5 Å². The summed E-state index contributed by atoms with van der Waals surface area (Å²) in [6.07, 6.45) is 3.48. The number of carbonyl (C=O) groups is 2. The van der Waals surface area contributed by atoms with E-state index in [9.17, 15) is 9.59 Å². The third-order valence-electron chi connectivity index (χ3n) is 2.00. The highest BCUT2D eigenvalue weighted by Crippen LogP contribution is 2.07.